The highest BCUT2D eigenvalue weighted by atomic mass is 28.4. The summed E-state index contributed by atoms with van der Waals surface area (Å²) in [6.07, 6.45) is 19.0. The summed E-state index contributed by atoms with van der Waals surface area (Å²) >= 11 is 0. The number of unbranched alkanes of at least 4 members (excludes halogenated alkanes) is 12. The van der Waals surface area contributed by atoms with Gasteiger partial charge in [0.2, 0.25) is 0 Å². The highest BCUT2D eigenvalue weighted by Crippen LogP contribution is 2.27. The highest BCUT2D eigenvalue weighted by molar-refractivity contribution is 6.68. The fourth-order valence-electron chi connectivity index (χ4n) is 4.10. The van der Waals surface area contributed by atoms with Gasteiger partial charge in [-0.3, -0.25) is 0 Å². The van der Waals surface area contributed by atoms with Crippen LogP contribution in [0.25, 0.3) is 0 Å². The van der Waals surface area contributed by atoms with Crippen LogP contribution in [0, 0.1) is 0 Å². The fraction of sp³-hybridized carbons (Fsp3) is 0.778. The zero-order valence-corrected chi connectivity index (χ0v) is 21.6. The molecule has 0 aliphatic rings. The number of benzene rings is 1. The molecule has 0 bridgehead atoms. The van der Waals surface area contributed by atoms with Crippen LogP contribution in [0.5, 0.6) is 5.75 Å². The lowest BCUT2D eigenvalue weighted by atomic mass is 10.0. The van der Waals surface area contributed by atoms with Gasteiger partial charge in [0, 0.05) is 6.61 Å². The zero-order valence-electron chi connectivity index (χ0n) is 20.6. The number of rotatable bonds is 20. The van der Waals surface area contributed by atoms with Crippen LogP contribution in [-0.2, 0) is 10.8 Å². The van der Waals surface area contributed by atoms with Crippen molar-refractivity contribution in [1.29, 1.82) is 0 Å². The van der Waals surface area contributed by atoms with Gasteiger partial charge in [0.05, 0.1) is 0 Å². The van der Waals surface area contributed by atoms with E-state index in [1.807, 2.05) is 0 Å². The van der Waals surface area contributed by atoms with Crippen molar-refractivity contribution in [1.82, 2.24) is 0 Å². The summed E-state index contributed by atoms with van der Waals surface area (Å²) in [5, 5.41) is 0. The summed E-state index contributed by atoms with van der Waals surface area (Å²) in [5.41, 5.74) is 1.29. The first-order valence-electron chi connectivity index (χ1n) is 13.1. The molecule has 0 amide bonds. The van der Waals surface area contributed by atoms with Gasteiger partial charge in [-0.15, -0.1) is 0 Å². The maximum Gasteiger partial charge on any atom is 0.398 e. The summed E-state index contributed by atoms with van der Waals surface area (Å²) in [6, 6.07) is 10.5. The Hall–Kier alpha value is -0.803. The lowest BCUT2D eigenvalue weighted by Gasteiger charge is -2.30. The second kappa shape index (κ2) is 17.8. The topological polar surface area (TPSA) is 18.5 Å². The summed E-state index contributed by atoms with van der Waals surface area (Å²) < 4.78 is 13.0. The third kappa shape index (κ3) is 11.6. The Morgan fingerprint density at radius 1 is 0.633 bits per heavy atom. The molecule has 0 N–H and O–H groups in total. The monoisotopic (exact) mass is 434 g/mol. The zero-order chi connectivity index (χ0) is 21.9. The van der Waals surface area contributed by atoms with Crippen LogP contribution in [0.15, 0.2) is 24.3 Å². The molecule has 0 saturated carbocycles. The molecule has 30 heavy (non-hydrogen) atoms. The van der Waals surface area contributed by atoms with Crippen LogP contribution < -0.4 is 4.43 Å². The summed E-state index contributed by atoms with van der Waals surface area (Å²) in [5.74, 6) is 1.04. The van der Waals surface area contributed by atoms with Gasteiger partial charge in [0.1, 0.15) is 5.75 Å². The number of hydrogen-bond donors (Lipinski definition) is 0. The maximum atomic E-state index is 6.55. The quantitative estimate of drug-likeness (QED) is 0.150. The number of para-hydroxylation sites is 1. The lowest BCUT2D eigenvalue weighted by Crippen LogP contribution is -2.44. The second-order valence-corrected chi connectivity index (χ2v) is 12.5. The molecule has 0 radical (unpaired) electrons. The van der Waals surface area contributed by atoms with Crippen LogP contribution in [0.3, 0.4) is 0 Å². The molecule has 174 valence electrons. The molecule has 1 aromatic carbocycles. The minimum Gasteiger partial charge on any atom is -0.520 e. The maximum absolute atomic E-state index is 6.55. The summed E-state index contributed by atoms with van der Waals surface area (Å²) in [7, 11) is -2.13. The first-order valence-corrected chi connectivity index (χ1v) is 15.3. The van der Waals surface area contributed by atoms with Crippen molar-refractivity contribution in [3.8, 4) is 5.75 Å². The molecule has 1 aromatic rings. The van der Waals surface area contributed by atoms with E-state index in [0.29, 0.717) is 0 Å². The SMILES string of the molecule is CCCCCCCCCCCCCCCO[Si](CC)(CC)Oc1ccccc1CC. The van der Waals surface area contributed by atoms with Crippen molar-refractivity contribution in [3.63, 3.8) is 0 Å². The molecule has 3 heteroatoms. The molecule has 0 atom stereocenters. The predicted octanol–water partition coefficient (Wildman–Crippen LogP) is 9.22. The van der Waals surface area contributed by atoms with Crippen molar-refractivity contribution >= 4 is 8.56 Å². The Kier molecular flexibility index (Phi) is 16.2. The van der Waals surface area contributed by atoms with Crippen LogP contribution in [0.1, 0.15) is 117 Å². The van der Waals surface area contributed by atoms with E-state index in [1.54, 1.807) is 0 Å². The van der Waals surface area contributed by atoms with E-state index in [4.69, 9.17) is 8.85 Å². The molecule has 2 nitrogen and oxygen atoms in total. The molecule has 1 rings (SSSR count). The van der Waals surface area contributed by atoms with Gasteiger partial charge in [-0.25, -0.2) is 0 Å². The minimum atomic E-state index is -2.13. The average Bonchev–Trinajstić information content (AvgIpc) is 2.78. The molecule has 0 aliphatic carbocycles. The van der Waals surface area contributed by atoms with E-state index < -0.39 is 8.56 Å². The van der Waals surface area contributed by atoms with Crippen molar-refractivity contribution < 1.29 is 8.85 Å². The van der Waals surface area contributed by atoms with Gasteiger partial charge >= 0.3 is 8.56 Å². The van der Waals surface area contributed by atoms with Gasteiger partial charge in [-0.1, -0.05) is 123 Å². The summed E-state index contributed by atoms with van der Waals surface area (Å²) in [6.45, 7) is 9.80. The Morgan fingerprint density at radius 3 is 1.63 bits per heavy atom. The number of hydrogen-bond acceptors (Lipinski definition) is 2. The standard InChI is InChI=1S/C27H50O2Si/c1-5-9-10-11-12-13-14-15-16-17-18-19-22-25-28-30(7-3,8-4)29-27-24-21-20-23-26(27)6-2/h20-21,23-24H,5-19,22,25H2,1-4H3. The molecule has 0 saturated heterocycles. The molecular formula is C27H50O2Si. The van der Waals surface area contributed by atoms with E-state index >= 15 is 0 Å². The molecule has 0 unspecified atom stereocenters. The molecule has 0 spiro atoms. The van der Waals surface area contributed by atoms with Crippen molar-refractivity contribution in [2.75, 3.05) is 6.61 Å². The Balaban J connectivity index is 2.13. The van der Waals surface area contributed by atoms with E-state index in [-0.39, 0.29) is 0 Å². The Labute approximate surface area is 189 Å². The van der Waals surface area contributed by atoms with Crippen molar-refractivity contribution in [2.24, 2.45) is 0 Å². The first kappa shape index (κ1) is 27.2. The van der Waals surface area contributed by atoms with E-state index in [1.165, 1.54) is 89.0 Å². The summed E-state index contributed by atoms with van der Waals surface area (Å²) in [4.78, 5) is 0. The minimum absolute atomic E-state index is 0.861. The number of aryl methyl sites for hydroxylation is 1. The van der Waals surface area contributed by atoms with Crippen LogP contribution in [-0.4, -0.2) is 15.2 Å². The Morgan fingerprint density at radius 2 is 1.13 bits per heavy atom. The average molecular weight is 435 g/mol. The third-order valence-electron chi connectivity index (χ3n) is 6.34. The first-order chi connectivity index (χ1) is 14.7. The Bertz CT molecular complexity index is 513. The van der Waals surface area contributed by atoms with Crippen LogP contribution >= 0.6 is 0 Å². The fourth-order valence-corrected chi connectivity index (χ4v) is 6.47. The van der Waals surface area contributed by atoms with Gasteiger partial charge in [0.15, 0.2) is 0 Å². The lowest BCUT2D eigenvalue weighted by molar-refractivity contribution is 0.230. The van der Waals surface area contributed by atoms with Gasteiger partial charge < -0.3 is 8.85 Å². The van der Waals surface area contributed by atoms with Gasteiger partial charge in [0.25, 0.3) is 0 Å². The largest absolute Gasteiger partial charge is 0.520 e. The van der Waals surface area contributed by atoms with Crippen LogP contribution in [0.2, 0.25) is 12.1 Å². The van der Waals surface area contributed by atoms with Crippen molar-refractivity contribution in [3.05, 3.63) is 29.8 Å². The van der Waals surface area contributed by atoms with E-state index in [2.05, 4.69) is 52.0 Å². The highest BCUT2D eigenvalue weighted by Gasteiger charge is 2.36. The normalized spacial score (nSPS) is 11.7. The van der Waals surface area contributed by atoms with Crippen LogP contribution in [0.4, 0.5) is 0 Å². The second-order valence-electron chi connectivity index (χ2n) is 8.77. The predicted molar refractivity (Wildman–Crippen MR) is 135 cm³/mol. The van der Waals surface area contributed by atoms with Gasteiger partial charge in [-0.05, 0) is 36.6 Å². The molecule has 0 fully saturated rings. The smallest absolute Gasteiger partial charge is 0.398 e. The molecule has 0 aliphatic heterocycles. The molecule has 0 heterocycles. The van der Waals surface area contributed by atoms with E-state index in [0.717, 1.165) is 30.9 Å². The van der Waals surface area contributed by atoms with Gasteiger partial charge in [-0.2, -0.15) is 0 Å². The third-order valence-corrected chi connectivity index (χ3v) is 9.82. The van der Waals surface area contributed by atoms with E-state index in [9.17, 15) is 0 Å². The van der Waals surface area contributed by atoms with Crippen molar-refractivity contribution in [2.45, 2.75) is 130 Å². The molecule has 0 aromatic heterocycles. The molecular weight excluding hydrogens is 384 g/mol.